The monoisotopic (exact) mass is 235 g/mol. The summed E-state index contributed by atoms with van der Waals surface area (Å²) in [5, 5.41) is 4.85. The Morgan fingerprint density at radius 3 is 2.27 bits per heavy atom. The van der Waals surface area contributed by atoms with Crippen molar-refractivity contribution in [3.63, 3.8) is 0 Å². The van der Waals surface area contributed by atoms with Gasteiger partial charge in [-0.2, -0.15) is 0 Å². The average Bonchev–Trinajstić information content (AvgIpc) is 2.15. The van der Waals surface area contributed by atoms with Gasteiger partial charge in [-0.1, -0.05) is 0 Å². The summed E-state index contributed by atoms with van der Waals surface area (Å²) in [7, 11) is -1.68. The number of halogens is 1. The van der Waals surface area contributed by atoms with Gasteiger partial charge < -0.3 is 9.47 Å². The molecule has 15 heavy (non-hydrogen) atoms. The molecule has 84 valence electrons. The van der Waals surface area contributed by atoms with Crippen LogP contribution in [0.2, 0.25) is 0 Å². The molecule has 0 bridgehead atoms. The molecule has 0 aliphatic heterocycles. The topological polar surface area (TPSA) is 78.6 Å². The van der Waals surface area contributed by atoms with Crippen LogP contribution in [-0.2, 0) is 10.0 Å². The SMILES string of the molecule is COc1ccc(F)c(S(N)(=O)=O)c1OC. The van der Waals surface area contributed by atoms with Crippen LogP contribution in [0, 0.1) is 5.82 Å². The van der Waals surface area contributed by atoms with E-state index in [0.717, 1.165) is 6.07 Å². The van der Waals surface area contributed by atoms with Gasteiger partial charge in [0.2, 0.25) is 10.0 Å². The number of nitrogens with two attached hydrogens (primary N) is 1. The Hall–Kier alpha value is -1.34. The summed E-state index contributed by atoms with van der Waals surface area (Å²) in [6, 6.07) is 2.20. The molecular formula is C8H10FNO4S. The van der Waals surface area contributed by atoms with Gasteiger partial charge in [0.15, 0.2) is 16.4 Å². The third-order valence-corrected chi connectivity index (χ3v) is 2.69. The number of benzene rings is 1. The Bertz CT molecular complexity index is 472. The van der Waals surface area contributed by atoms with E-state index in [2.05, 4.69) is 0 Å². The van der Waals surface area contributed by atoms with Gasteiger partial charge in [0.25, 0.3) is 0 Å². The van der Waals surface area contributed by atoms with Crippen molar-refractivity contribution in [2.75, 3.05) is 14.2 Å². The molecule has 0 heterocycles. The first-order chi connectivity index (χ1) is 6.91. The maximum absolute atomic E-state index is 13.3. The Balaban J connectivity index is 3.61. The zero-order valence-corrected chi connectivity index (χ0v) is 8.97. The molecule has 0 amide bonds. The second-order valence-electron chi connectivity index (χ2n) is 2.66. The molecule has 1 aromatic rings. The first kappa shape index (κ1) is 11.7. The van der Waals surface area contributed by atoms with Crippen molar-refractivity contribution in [3.05, 3.63) is 17.9 Å². The number of sulfonamides is 1. The largest absolute Gasteiger partial charge is 0.493 e. The van der Waals surface area contributed by atoms with Crippen LogP contribution in [0.4, 0.5) is 4.39 Å². The van der Waals surface area contributed by atoms with Crippen molar-refractivity contribution >= 4 is 10.0 Å². The lowest BCUT2D eigenvalue weighted by atomic mass is 10.3. The van der Waals surface area contributed by atoms with Gasteiger partial charge in [-0.3, -0.25) is 0 Å². The number of rotatable bonds is 3. The van der Waals surface area contributed by atoms with E-state index in [1.54, 1.807) is 0 Å². The summed E-state index contributed by atoms with van der Waals surface area (Å²) >= 11 is 0. The molecule has 0 saturated heterocycles. The predicted molar refractivity (Wildman–Crippen MR) is 50.9 cm³/mol. The van der Waals surface area contributed by atoms with Crippen molar-refractivity contribution < 1.29 is 22.3 Å². The summed E-state index contributed by atoms with van der Waals surface area (Å²) in [4.78, 5) is -0.704. The highest BCUT2D eigenvalue weighted by atomic mass is 32.2. The molecule has 1 aromatic carbocycles. The highest BCUT2D eigenvalue weighted by molar-refractivity contribution is 7.89. The van der Waals surface area contributed by atoms with E-state index in [1.807, 2.05) is 0 Å². The first-order valence-electron chi connectivity index (χ1n) is 3.85. The minimum atomic E-state index is -4.19. The molecule has 0 radical (unpaired) electrons. The van der Waals surface area contributed by atoms with Crippen molar-refractivity contribution in [1.29, 1.82) is 0 Å². The van der Waals surface area contributed by atoms with Crippen LogP contribution in [0.3, 0.4) is 0 Å². The summed E-state index contributed by atoms with van der Waals surface area (Å²) in [5.41, 5.74) is 0. The number of hydrogen-bond acceptors (Lipinski definition) is 4. The molecule has 1 rings (SSSR count). The maximum atomic E-state index is 13.3. The van der Waals surface area contributed by atoms with Gasteiger partial charge in [0.05, 0.1) is 14.2 Å². The third kappa shape index (κ3) is 2.18. The minimum absolute atomic E-state index is 0.0999. The van der Waals surface area contributed by atoms with Crippen LogP contribution in [0.15, 0.2) is 17.0 Å². The van der Waals surface area contributed by atoms with E-state index >= 15 is 0 Å². The van der Waals surface area contributed by atoms with Crippen LogP contribution < -0.4 is 14.6 Å². The Labute approximate surface area is 86.7 Å². The molecule has 2 N–H and O–H groups in total. The lowest BCUT2D eigenvalue weighted by Gasteiger charge is -2.11. The minimum Gasteiger partial charge on any atom is -0.493 e. The molecular weight excluding hydrogens is 225 g/mol. The van der Waals surface area contributed by atoms with Crippen molar-refractivity contribution in [3.8, 4) is 11.5 Å². The lowest BCUT2D eigenvalue weighted by molar-refractivity contribution is 0.341. The van der Waals surface area contributed by atoms with Crippen molar-refractivity contribution in [2.45, 2.75) is 4.90 Å². The second kappa shape index (κ2) is 4.03. The summed E-state index contributed by atoms with van der Waals surface area (Å²) in [6.45, 7) is 0. The van der Waals surface area contributed by atoms with Crippen molar-refractivity contribution in [2.24, 2.45) is 5.14 Å². The molecule has 0 spiro atoms. The molecule has 7 heteroatoms. The average molecular weight is 235 g/mol. The van der Waals surface area contributed by atoms with Crippen LogP contribution in [0.5, 0.6) is 11.5 Å². The van der Waals surface area contributed by atoms with Gasteiger partial charge in [-0.05, 0) is 12.1 Å². The van der Waals surface area contributed by atoms with Crippen molar-refractivity contribution in [1.82, 2.24) is 0 Å². The first-order valence-corrected chi connectivity index (χ1v) is 5.39. The summed E-state index contributed by atoms with van der Waals surface area (Å²) < 4.78 is 45.0. The summed E-state index contributed by atoms with van der Waals surface area (Å²) in [6.07, 6.45) is 0. The van der Waals surface area contributed by atoms with E-state index in [1.165, 1.54) is 20.3 Å². The zero-order valence-electron chi connectivity index (χ0n) is 8.15. The predicted octanol–water partition coefficient (Wildman–Crippen LogP) is 0.490. The van der Waals surface area contributed by atoms with Gasteiger partial charge in [-0.25, -0.2) is 17.9 Å². The fraction of sp³-hybridized carbons (Fsp3) is 0.250. The van der Waals surface area contributed by atoms with E-state index in [0.29, 0.717) is 0 Å². The second-order valence-corrected chi connectivity index (χ2v) is 4.16. The van der Waals surface area contributed by atoms with Gasteiger partial charge in [0.1, 0.15) is 5.82 Å². The van der Waals surface area contributed by atoms with Crippen LogP contribution in [-0.4, -0.2) is 22.6 Å². The molecule has 0 saturated carbocycles. The smallest absolute Gasteiger partial charge is 0.244 e. The number of methoxy groups -OCH3 is 2. The summed E-state index contributed by atoms with van der Waals surface area (Å²) in [5.74, 6) is -1.11. The van der Waals surface area contributed by atoms with E-state index < -0.39 is 20.7 Å². The lowest BCUT2D eigenvalue weighted by Crippen LogP contribution is -2.15. The van der Waals surface area contributed by atoms with E-state index in [9.17, 15) is 12.8 Å². The zero-order chi connectivity index (χ0) is 11.6. The fourth-order valence-corrected chi connectivity index (χ4v) is 1.92. The van der Waals surface area contributed by atoms with Gasteiger partial charge in [-0.15, -0.1) is 0 Å². The van der Waals surface area contributed by atoms with Gasteiger partial charge in [0, 0.05) is 0 Å². The molecule has 5 nitrogen and oxygen atoms in total. The Kier molecular flexibility index (Phi) is 3.15. The molecule has 0 aromatic heterocycles. The number of primary sulfonamides is 1. The van der Waals surface area contributed by atoms with E-state index in [4.69, 9.17) is 14.6 Å². The highest BCUT2D eigenvalue weighted by Gasteiger charge is 2.23. The van der Waals surface area contributed by atoms with Crippen LogP contribution in [0.1, 0.15) is 0 Å². The fourth-order valence-electron chi connectivity index (χ4n) is 1.14. The quantitative estimate of drug-likeness (QED) is 0.827. The number of ether oxygens (including phenoxy) is 2. The normalized spacial score (nSPS) is 11.2. The number of hydrogen-bond donors (Lipinski definition) is 1. The van der Waals surface area contributed by atoms with E-state index in [-0.39, 0.29) is 11.5 Å². The molecule has 0 fully saturated rings. The van der Waals surface area contributed by atoms with Gasteiger partial charge >= 0.3 is 0 Å². The standard InChI is InChI=1S/C8H10FNO4S/c1-13-6-4-3-5(9)8(7(6)14-2)15(10,11)12/h3-4H,1-2H3,(H2,10,11,12). The Morgan fingerprint density at radius 1 is 1.27 bits per heavy atom. The third-order valence-electron chi connectivity index (χ3n) is 1.74. The molecule has 0 aliphatic carbocycles. The molecule has 0 atom stereocenters. The van der Waals surface area contributed by atoms with Crippen LogP contribution in [0.25, 0.3) is 0 Å². The van der Waals surface area contributed by atoms with Crippen LogP contribution >= 0.6 is 0 Å². The molecule has 0 aliphatic rings. The molecule has 0 unspecified atom stereocenters. The maximum Gasteiger partial charge on any atom is 0.244 e. The Morgan fingerprint density at radius 2 is 1.87 bits per heavy atom. The highest BCUT2D eigenvalue weighted by Crippen LogP contribution is 2.35.